The van der Waals surface area contributed by atoms with Gasteiger partial charge in [-0.15, -0.1) is 5.10 Å². The summed E-state index contributed by atoms with van der Waals surface area (Å²) < 4.78 is 6.61. The van der Waals surface area contributed by atoms with Crippen molar-refractivity contribution in [1.82, 2.24) is 25.3 Å². The summed E-state index contributed by atoms with van der Waals surface area (Å²) in [6, 6.07) is 5.35. The zero-order valence-corrected chi connectivity index (χ0v) is 20.1. The highest BCUT2D eigenvalue weighted by Crippen LogP contribution is 2.24. The number of aromatic nitrogens is 4. The lowest BCUT2D eigenvalue weighted by Crippen LogP contribution is -2.26. The maximum atomic E-state index is 12.5. The zero-order chi connectivity index (χ0) is 23.3. The second-order valence-electron chi connectivity index (χ2n) is 6.93. The Morgan fingerprint density at radius 3 is 2.72 bits per heavy atom. The van der Waals surface area contributed by atoms with E-state index in [1.807, 2.05) is 13.0 Å². The number of nitrogens with zero attached hydrogens (tertiary/aromatic N) is 4. The first-order valence-electron chi connectivity index (χ1n) is 9.65. The Kier molecular flexibility index (Phi) is 8.19. The van der Waals surface area contributed by atoms with E-state index in [0.717, 1.165) is 22.6 Å². The SMILES string of the molecule is COCCNC(=O)c1sc(NC(=O)Cc2nnn(Cc3ccc(Cl)c(Cl)c3)c2C)nc1C. The van der Waals surface area contributed by atoms with E-state index >= 15 is 0 Å². The Morgan fingerprint density at radius 1 is 1.22 bits per heavy atom. The molecule has 12 heteroatoms. The highest BCUT2D eigenvalue weighted by molar-refractivity contribution is 7.17. The number of halogens is 2. The number of anilines is 1. The van der Waals surface area contributed by atoms with Gasteiger partial charge in [0, 0.05) is 13.7 Å². The molecule has 0 aliphatic carbocycles. The molecule has 2 N–H and O–H groups in total. The molecule has 0 saturated carbocycles. The number of benzene rings is 1. The van der Waals surface area contributed by atoms with Crippen molar-refractivity contribution in [3.05, 3.63) is 55.8 Å². The molecule has 3 aromatic rings. The van der Waals surface area contributed by atoms with Crippen molar-refractivity contribution < 1.29 is 14.3 Å². The summed E-state index contributed by atoms with van der Waals surface area (Å²) in [5.41, 5.74) is 2.77. The van der Waals surface area contributed by atoms with Gasteiger partial charge in [0.2, 0.25) is 5.91 Å². The van der Waals surface area contributed by atoms with Crippen molar-refractivity contribution in [2.45, 2.75) is 26.8 Å². The van der Waals surface area contributed by atoms with E-state index < -0.39 is 0 Å². The third kappa shape index (κ3) is 6.04. The third-order valence-corrected chi connectivity index (χ3v) is 6.37. The quantitative estimate of drug-likeness (QED) is 0.439. The fourth-order valence-corrected chi connectivity index (χ4v) is 4.06. The monoisotopic (exact) mass is 496 g/mol. The molecule has 170 valence electrons. The number of thiazole rings is 1. The van der Waals surface area contributed by atoms with Gasteiger partial charge >= 0.3 is 0 Å². The number of ether oxygens (including phenoxy) is 1. The van der Waals surface area contributed by atoms with Gasteiger partial charge in [-0.2, -0.15) is 0 Å². The summed E-state index contributed by atoms with van der Waals surface area (Å²) in [6.07, 6.45) is 0.0290. The molecule has 0 aliphatic rings. The minimum absolute atomic E-state index is 0.0290. The molecule has 3 rings (SSSR count). The normalized spacial score (nSPS) is 10.9. The molecule has 0 fully saturated rings. The number of carbonyl (C=O) groups excluding carboxylic acids is 2. The van der Waals surface area contributed by atoms with Crippen LogP contribution in [0.3, 0.4) is 0 Å². The Bertz CT molecular complexity index is 1130. The van der Waals surface area contributed by atoms with E-state index in [-0.39, 0.29) is 18.2 Å². The largest absolute Gasteiger partial charge is 0.383 e. The second-order valence-corrected chi connectivity index (χ2v) is 8.75. The minimum Gasteiger partial charge on any atom is -0.383 e. The van der Waals surface area contributed by atoms with Gasteiger partial charge in [0.15, 0.2) is 5.13 Å². The minimum atomic E-state index is -0.297. The molecule has 0 radical (unpaired) electrons. The summed E-state index contributed by atoms with van der Waals surface area (Å²) in [6.45, 7) is 4.82. The van der Waals surface area contributed by atoms with Gasteiger partial charge < -0.3 is 15.4 Å². The van der Waals surface area contributed by atoms with Crippen LogP contribution in [-0.2, 0) is 22.5 Å². The molecule has 9 nitrogen and oxygen atoms in total. The van der Waals surface area contributed by atoms with Gasteiger partial charge in [0.1, 0.15) is 4.88 Å². The summed E-state index contributed by atoms with van der Waals surface area (Å²) in [7, 11) is 1.56. The number of amides is 2. The van der Waals surface area contributed by atoms with Gasteiger partial charge in [-0.25, -0.2) is 9.67 Å². The van der Waals surface area contributed by atoms with E-state index in [9.17, 15) is 9.59 Å². The van der Waals surface area contributed by atoms with Crippen molar-refractivity contribution in [1.29, 1.82) is 0 Å². The number of rotatable bonds is 9. The van der Waals surface area contributed by atoms with Crippen LogP contribution in [0.15, 0.2) is 18.2 Å². The summed E-state index contributed by atoms with van der Waals surface area (Å²) in [5, 5.41) is 15.0. The smallest absolute Gasteiger partial charge is 0.263 e. The van der Waals surface area contributed by atoms with E-state index in [4.69, 9.17) is 27.9 Å². The highest BCUT2D eigenvalue weighted by Gasteiger charge is 2.18. The highest BCUT2D eigenvalue weighted by atomic mass is 35.5. The zero-order valence-electron chi connectivity index (χ0n) is 17.7. The molecule has 1 aromatic carbocycles. The van der Waals surface area contributed by atoms with E-state index in [1.165, 1.54) is 0 Å². The van der Waals surface area contributed by atoms with E-state index in [2.05, 4.69) is 25.9 Å². The van der Waals surface area contributed by atoms with Crippen LogP contribution in [0.1, 0.15) is 32.3 Å². The fraction of sp³-hybridized carbons (Fsp3) is 0.350. The first-order valence-corrected chi connectivity index (χ1v) is 11.2. The average Bonchev–Trinajstić information content (AvgIpc) is 3.27. The molecule has 0 bridgehead atoms. The molecule has 0 spiro atoms. The van der Waals surface area contributed by atoms with E-state index in [0.29, 0.717) is 51.1 Å². The second kappa shape index (κ2) is 10.9. The summed E-state index contributed by atoms with van der Waals surface area (Å²) in [5.74, 6) is -0.548. The molecule has 2 heterocycles. The van der Waals surface area contributed by atoms with Crippen LogP contribution >= 0.6 is 34.5 Å². The molecule has 32 heavy (non-hydrogen) atoms. The van der Waals surface area contributed by atoms with Crippen molar-refractivity contribution in [3.63, 3.8) is 0 Å². The predicted octanol–water partition coefficient (Wildman–Crippen LogP) is 3.26. The van der Waals surface area contributed by atoms with Crippen molar-refractivity contribution >= 4 is 51.5 Å². The number of methoxy groups -OCH3 is 1. The molecular weight excluding hydrogens is 475 g/mol. The Labute approximate surface area is 199 Å². The van der Waals surface area contributed by atoms with Crippen LogP contribution in [0, 0.1) is 13.8 Å². The van der Waals surface area contributed by atoms with Gasteiger partial charge in [0.05, 0.1) is 46.7 Å². The molecule has 2 amide bonds. The van der Waals surface area contributed by atoms with Crippen molar-refractivity contribution in [3.8, 4) is 0 Å². The first-order chi connectivity index (χ1) is 15.3. The topological polar surface area (TPSA) is 111 Å². The first kappa shape index (κ1) is 24.1. The van der Waals surface area contributed by atoms with Crippen LogP contribution in [0.5, 0.6) is 0 Å². The van der Waals surface area contributed by atoms with Crippen molar-refractivity contribution in [2.24, 2.45) is 0 Å². The average molecular weight is 497 g/mol. The number of hydrogen-bond donors (Lipinski definition) is 2. The molecule has 0 atom stereocenters. The molecule has 0 aliphatic heterocycles. The van der Waals surface area contributed by atoms with Gasteiger partial charge in [-0.05, 0) is 31.5 Å². The standard InChI is InChI=1S/C20H22Cl2N6O3S/c1-11-18(19(30)23-6-7-31-3)32-20(24-11)25-17(29)9-16-12(2)28(27-26-16)10-13-4-5-14(21)15(22)8-13/h4-5,8H,6-7,9-10H2,1-3H3,(H,23,30)(H,24,25,29). The maximum Gasteiger partial charge on any atom is 0.263 e. The third-order valence-electron chi connectivity index (χ3n) is 4.56. The summed E-state index contributed by atoms with van der Waals surface area (Å²) >= 11 is 13.1. The Hall–Kier alpha value is -2.53. The van der Waals surface area contributed by atoms with Gasteiger partial charge in [-0.3, -0.25) is 9.59 Å². The molecular formula is C20H22Cl2N6O3S. The lowest BCUT2D eigenvalue weighted by Gasteiger charge is -2.06. The molecule has 0 saturated heterocycles. The lowest BCUT2D eigenvalue weighted by molar-refractivity contribution is -0.115. The van der Waals surface area contributed by atoms with Gasteiger partial charge in [-0.1, -0.05) is 45.8 Å². The number of aryl methyl sites for hydroxylation is 1. The molecule has 0 unspecified atom stereocenters. The number of carbonyl (C=O) groups is 2. The van der Waals surface area contributed by atoms with Crippen LogP contribution in [0.25, 0.3) is 0 Å². The van der Waals surface area contributed by atoms with Crippen LogP contribution in [-0.4, -0.2) is 52.1 Å². The lowest BCUT2D eigenvalue weighted by atomic mass is 10.2. The van der Waals surface area contributed by atoms with Crippen LogP contribution in [0.2, 0.25) is 10.0 Å². The van der Waals surface area contributed by atoms with E-state index in [1.54, 1.807) is 30.8 Å². The number of nitrogens with one attached hydrogen (secondary N) is 2. The predicted molar refractivity (Wildman–Crippen MR) is 124 cm³/mol. The number of hydrogen-bond acceptors (Lipinski definition) is 7. The van der Waals surface area contributed by atoms with Crippen LogP contribution < -0.4 is 10.6 Å². The molecule has 2 aromatic heterocycles. The van der Waals surface area contributed by atoms with Crippen molar-refractivity contribution in [2.75, 3.05) is 25.6 Å². The summed E-state index contributed by atoms with van der Waals surface area (Å²) in [4.78, 5) is 29.5. The Balaban J connectivity index is 1.61. The fourth-order valence-electron chi connectivity index (χ4n) is 2.84. The maximum absolute atomic E-state index is 12.5. The van der Waals surface area contributed by atoms with Crippen LogP contribution in [0.4, 0.5) is 5.13 Å². The Morgan fingerprint density at radius 2 is 2.00 bits per heavy atom. The van der Waals surface area contributed by atoms with Gasteiger partial charge in [0.25, 0.3) is 5.91 Å².